The number of carbonyl (C=O) groups excluding carboxylic acids is 3. The average Bonchev–Trinajstić information content (AvgIpc) is 3.42. The summed E-state index contributed by atoms with van der Waals surface area (Å²) in [5, 5.41) is 14.9. The molecular weight excluding hydrogens is 713 g/mol. The Balaban J connectivity index is 1.76. The number of carbonyl (C=O) groups is 3. The predicted octanol–water partition coefficient (Wildman–Crippen LogP) is 3.92. The fraction of sp³-hybridized carbons (Fsp3) is 0.800. The normalized spacial score (nSPS) is 40.9. The number of aryl methyl sites for hydroxylation is 1. The lowest BCUT2D eigenvalue weighted by Gasteiger charge is -2.48. The Morgan fingerprint density at radius 1 is 1.13 bits per heavy atom. The monoisotopic (exact) mass is 779 g/mol. The van der Waals surface area contributed by atoms with Gasteiger partial charge in [-0.1, -0.05) is 33.8 Å². The number of rotatable bonds is 10. The molecule has 0 aromatic carbocycles. The summed E-state index contributed by atoms with van der Waals surface area (Å²) in [7, 11) is 5.16. The molecule has 0 saturated carbocycles. The van der Waals surface area contributed by atoms with Gasteiger partial charge in [0.05, 0.1) is 23.9 Å². The maximum absolute atomic E-state index is 16.8. The van der Waals surface area contributed by atoms with Gasteiger partial charge in [0.15, 0.2) is 17.7 Å². The second-order valence-corrected chi connectivity index (χ2v) is 16.8. The Kier molecular flexibility index (Phi) is 14.5. The first-order chi connectivity index (χ1) is 25.6. The topological polar surface area (TPSA) is 166 Å². The van der Waals surface area contributed by atoms with Crippen LogP contribution in [0.5, 0.6) is 0 Å². The number of methoxy groups -OCH3 is 1. The first-order valence-electron chi connectivity index (χ1n) is 19.7. The molecule has 1 amide bonds. The number of nitrogens with zero attached hydrogens (tertiary/aromatic N) is 4. The van der Waals surface area contributed by atoms with E-state index in [0.29, 0.717) is 25.9 Å². The summed E-state index contributed by atoms with van der Waals surface area (Å²) in [4.78, 5) is 48.1. The summed E-state index contributed by atoms with van der Waals surface area (Å²) < 4.78 is 47.5. The standard InChI is InChI=1S/C40H66FN5O9/c1-13-45(19-15-17-28-16-14-18-43-22-28)46-32-25(4)30(42)23(2)21-38(7,51-12)34(54-35-31(47)29(44(10)11)20-24(3)52-35)26(5)33(48)39(8,41)36(49)53-27(6)40(32,9)55-37(46)50/h14,16,18,22-27,29-32,34-35,47H,13,15,17,19-21,42H2,1-12H3/t23-,24-,25-,26+,27+,29+,30?,31-,32-,34-,35+,38+,39?,40-/m1/s1. The molecule has 0 radical (unpaired) electrons. The number of likely N-dealkylation sites (N-methyl/N-ethyl adjacent to an activating group) is 1. The van der Waals surface area contributed by atoms with Crippen LogP contribution in [0, 0.1) is 17.8 Å². The van der Waals surface area contributed by atoms with Crippen molar-refractivity contribution >= 4 is 17.8 Å². The number of cyclic esters (lactones) is 1. The summed E-state index contributed by atoms with van der Waals surface area (Å²) in [5.74, 6) is -4.61. The Labute approximate surface area is 326 Å². The Bertz CT molecular complexity index is 1470. The van der Waals surface area contributed by atoms with Gasteiger partial charge in [-0.25, -0.2) is 24.0 Å². The molecule has 55 heavy (non-hydrogen) atoms. The van der Waals surface area contributed by atoms with Crippen molar-refractivity contribution in [2.75, 3.05) is 34.3 Å². The first-order valence-corrected chi connectivity index (χ1v) is 19.7. The highest BCUT2D eigenvalue weighted by Crippen LogP contribution is 2.44. The zero-order chi connectivity index (χ0) is 41.2. The van der Waals surface area contributed by atoms with Gasteiger partial charge in [0, 0.05) is 50.6 Å². The molecule has 0 bridgehead atoms. The van der Waals surface area contributed by atoms with Gasteiger partial charge in [-0.15, -0.1) is 0 Å². The molecule has 15 heteroatoms. The van der Waals surface area contributed by atoms with Crippen molar-refractivity contribution in [3.63, 3.8) is 0 Å². The number of hydrogen-bond acceptors (Lipinski definition) is 13. The van der Waals surface area contributed by atoms with E-state index in [1.165, 1.54) is 21.0 Å². The third-order valence-corrected chi connectivity index (χ3v) is 12.5. The number of aliphatic hydroxyl groups is 1. The minimum Gasteiger partial charge on any atom is -0.456 e. The molecule has 2 unspecified atom stereocenters. The number of Topliss-reactive ketones (excluding diaryl/α,β-unsaturated/α-hetero) is 1. The zero-order valence-electron chi connectivity index (χ0n) is 34.9. The number of halogens is 1. The van der Waals surface area contributed by atoms with E-state index in [1.807, 2.05) is 70.0 Å². The summed E-state index contributed by atoms with van der Waals surface area (Å²) in [6, 6.07) is 2.20. The lowest BCUT2D eigenvalue weighted by Crippen LogP contribution is -2.64. The van der Waals surface area contributed by atoms with Gasteiger partial charge in [0.2, 0.25) is 0 Å². The fourth-order valence-corrected chi connectivity index (χ4v) is 8.90. The molecule has 3 saturated heterocycles. The third kappa shape index (κ3) is 9.18. The number of hydrogen-bond donors (Lipinski definition) is 2. The number of esters is 1. The number of alkyl halides is 1. The number of aromatic nitrogens is 1. The molecular formula is C40H66FN5O9. The molecule has 14 atom stereocenters. The smallest absolute Gasteiger partial charge is 0.425 e. The van der Waals surface area contributed by atoms with Crippen molar-refractivity contribution in [1.29, 1.82) is 0 Å². The number of nitrogens with two attached hydrogens (primary N) is 1. The van der Waals surface area contributed by atoms with Crippen LogP contribution in [0.4, 0.5) is 9.18 Å². The van der Waals surface area contributed by atoms with E-state index in [4.69, 9.17) is 29.4 Å². The number of amides is 1. The Morgan fingerprint density at radius 2 is 1.80 bits per heavy atom. The SMILES string of the molecule is CCN(CCCc1cccnc1)N1C(=O)O[C@]2(C)[C@H](C)OC(=O)C(C)(F)C(=O)[C@H](C)[C@@H](O[C@@H]3O[C@H](C)C[C@H](N(C)C)[C@H]3O)[C@@](C)(OC)C[C@@H](C)C(N)[C@@H](C)[C@@H]12. The molecule has 3 aliphatic rings. The van der Waals surface area contributed by atoms with Crippen LogP contribution in [0.1, 0.15) is 87.1 Å². The molecule has 14 nitrogen and oxygen atoms in total. The second kappa shape index (κ2) is 17.8. The number of hydrazine groups is 1. The van der Waals surface area contributed by atoms with Crippen LogP contribution < -0.4 is 5.73 Å². The van der Waals surface area contributed by atoms with Crippen LogP contribution in [-0.4, -0.2) is 143 Å². The minimum atomic E-state index is -3.14. The highest BCUT2D eigenvalue weighted by Gasteiger charge is 2.62. The maximum atomic E-state index is 16.8. The van der Waals surface area contributed by atoms with Crippen LogP contribution in [0.25, 0.3) is 0 Å². The van der Waals surface area contributed by atoms with Crippen LogP contribution in [0.15, 0.2) is 24.5 Å². The largest absolute Gasteiger partial charge is 0.456 e. The van der Waals surface area contributed by atoms with Crippen LogP contribution in [0.2, 0.25) is 0 Å². The summed E-state index contributed by atoms with van der Waals surface area (Å²) in [6.07, 6.45) is 0.0665. The summed E-state index contributed by atoms with van der Waals surface area (Å²) in [5.41, 5.74) is 2.30. The lowest BCUT2D eigenvalue weighted by atomic mass is 9.72. The van der Waals surface area contributed by atoms with Crippen molar-refractivity contribution in [2.24, 2.45) is 23.5 Å². The van der Waals surface area contributed by atoms with Gasteiger partial charge < -0.3 is 39.4 Å². The molecule has 1 aromatic rings. The van der Waals surface area contributed by atoms with Gasteiger partial charge in [0.1, 0.15) is 12.2 Å². The van der Waals surface area contributed by atoms with Crippen molar-refractivity contribution in [3.8, 4) is 0 Å². The van der Waals surface area contributed by atoms with Gasteiger partial charge >= 0.3 is 12.1 Å². The molecule has 0 aliphatic carbocycles. The molecule has 312 valence electrons. The van der Waals surface area contributed by atoms with E-state index in [-0.39, 0.29) is 24.5 Å². The van der Waals surface area contributed by atoms with Gasteiger partial charge in [0.25, 0.3) is 5.67 Å². The van der Waals surface area contributed by atoms with E-state index >= 15 is 4.39 Å². The summed E-state index contributed by atoms with van der Waals surface area (Å²) >= 11 is 0. The number of fused-ring (bicyclic) bond motifs is 1. The number of pyridine rings is 1. The number of aliphatic hydroxyl groups excluding tert-OH is 1. The van der Waals surface area contributed by atoms with E-state index < -0.39 is 83.2 Å². The van der Waals surface area contributed by atoms with Gasteiger partial charge in [-0.2, -0.15) is 0 Å². The average molecular weight is 780 g/mol. The Hall–Kier alpha value is -2.79. The first kappa shape index (κ1) is 44.9. The molecule has 3 aliphatic heterocycles. The molecule has 4 heterocycles. The van der Waals surface area contributed by atoms with Crippen molar-refractivity contribution in [3.05, 3.63) is 30.1 Å². The molecule has 3 N–H and O–H groups in total. The van der Waals surface area contributed by atoms with Crippen molar-refractivity contribution in [2.45, 2.75) is 154 Å². The highest BCUT2D eigenvalue weighted by molar-refractivity contribution is 6.07. The van der Waals surface area contributed by atoms with Crippen molar-refractivity contribution < 1.29 is 47.6 Å². The predicted molar refractivity (Wildman–Crippen MR) is 203 cm³/mol. The van der Waals surface area contributed by atoms with E-state index in [2.05, 4.69) is 4.98 Å². The van der Waals surface area contributed by atoms with Crippen LogP contribution in [0.3, 0.4) is 0 Å². The number of ether oxygens (including phenoxy) is 5. The van der Waals surface area contributed by atoms with Gasteiger partial charge in [-0.3, -0.25) is 9.78 Å². The fourth-order valence-electron chi connectivity index (χ4n) is 8.90. The Morgan fingerprint density at radius 3 is 2.38 bits per heavy atom. The maximum Gasteiger partial charge on any atom is 0.425 e. The quantitative estimate of drug-likeness (QED) is 0.260. The number of ketones is 1. The zero-order valence-corrected chi connectivity index (χ0v) is 34.9. The molecule has 3 fully saturated rings. The van der Waals surface area contributed by atoms with E-state index in [0.717, 1.165) is 18.9 Å². The molecule has 1 aromatic heterocycles. The van der Waals surface area contributed by atoms with E-state index in [9.17, 15) is 19.5 Å². The third-order valence-electron chi connectivity index (χ3n) is 12.5. The minimum absolute atomic E-state index is 0.219. The van der Waals surface area contributed by atoms with Crippen molar-refractivity contribution in [1.82, 2.24) is 19.9 Å². The van der Waals surface area contributed by atoms with Crippen LogP contribution >= 0.6 is 0 Å². The van der Waals surface area contributed by atoms with Crippen LogP contribution in [-0.2, 0) is 39.7 Å². The second-order valence-electron chi connectivity index (χ2n) is 16.8. The highest BCUT2D eigenvalue weighted by atomic mass is 19.1. The molecule has 0 spiro atoms. The lowest BCUT2D eigenvalue weighted by molar-refractivity contribution is -0.296. The molecule has 4 rings (SSSR count). The van der Waals surface area contributed by atoms with Gasteiger partial charge in [-0.05, 0) is 97.9 Å². The van der Waals surface area contributed by atoms with E-state index in [1.54, 1.807) is 25.1 Å². The summed E-state index contributed by atoms with van der Waals surface area (Å²) in [6.45, 7) is 15.9.